The Labute approximate surface area is 185 Å². The minimum Gasteiger partial charge on any atom is -0.454 e. The van der Waals surface area contributed by atoms with Crippen LogP contribution in [0, 0.1) is 11.3 Å². The minimum atomic E-state index is -0.0291. The molecule has 6 heteroatoms. The molecule has 3 aromatic rings. The Hall–Kier alpha value is -3.75. The van der Waals surface area contributed by atoms with E-state index >= 15 is 0 Å². The van der Waals surface area contributed by atoms with Crippen molar-refractivity contribution < 1.29 is 9.53 Å². The Morgan fingerprint density at radius 3 is 2.68 bits per heavy atom. The van der Waals surface area contributed by atoms with E-state index in [1.54, 1.807) is 23.1 Å². The van der Waals surface area contributed by atoms with Crippen LogP contribution in [-0.2, 0) is 4.79 Å². The summed E-state index contributed by atoms with van der Waals surface area (Å²) in [4.78, 5) is 14.5. The van der Waals surface area contributed by atoms with Crippen molar-refractivity contribution in [3.8, 4) is 17.6 Å². The van der Waals surface area contributed by atoms with Gasteiger partial charge in [-0.2, -0.15) is 5.26 Å². The number of halogens is 1. The molecule has 154 valence electrons. The number of carbonyl (C=O) groups excluding carboxylic acids is 1. The van der Waals surface area contributed by atoms with Gasteiger partial charge in [0.05, 0.1) is 10.6 Å². The van der Waals surface area contributed by atoms with Crippen molar-refractivity contribution in [1.29, 1.82) is 5.26 Å². The molecule has 1 amide bonds. The number of nitrogens with zero attached hydrogens (tertiary/aromatic N) is 2. The molecule has 0 saturated carbocycles. The van der Waals surface area contributed by atoms with Crippen LogP contribution in [0.5, 0.6) is 11.5 Å². The fourth-order valence-electron chi connectivity index (χ4n) is 3.67. The predicted molar refractivity (Wildman–Crippen MR) is 122 cm³/mol. The monoisotopic (exact) mass is 429 g/mol. The third-order valence-corrected chi connectivity index (χ3v) is 5.62. The van der Waals surface area contributed by atoms with E-state index in [9.17, 15) is 10.1 Å². The normalized spacial score (nSPS) is 15.5. The highest BCUT2D eigenvalue weighted by Crippen LogP contribution is 2.37. The number of nitrogens with two attached hydrogens (primary N) is 1. The summed E-state index contributed by atoms with van der Waals surface area (Å²) in [6.45, 7) is 4.29. The van der Waals surface area contributed by atoms with Crippen molar-refractivity contribution in [2.45, 2.75) is 12.3 Å². The number of amides is 1. The molecule has 0 unspecified atom stereocenters. The first kappa shape index (κ1) is 20.5. The molecule has 1 atom stereocenters. The highest BCUT2D eigenvalue weighted by atomic mass is 35.5. The SMILES string of the molecule is C=C(N)c1cccc(N2C[C@@H](c3ccc(C#N)c(Oc4ccccc4Cl)c3)CC2=O)c1. The summed E-state index contributed by atoms with van der Waals surface area (Å²) in [5.74, 6) is 0.891. The van der Waals surface area contributed by atoms with E-state index in [4.69, 9.17) is 22.1 Å². The zero-order chi connectivity index (χ0) is 22.0. The fourth-order valence-corrected chi connectivity index (χ4v) is 3.84. The number of rotatable bonds is 5. The van der Waals surface area contributed by atoms with Crippen molar-refractivity contribution in [2.24, 2.45) is 5.73 Å². The number of hydrogen-bond acceptors (Lipinski definition) is 4. The van der Waals surface area contributed by atoms with Crippen LogP contribution >= 0.6 is 11.6 Å². The first-order valence-electron chi connectivity index (χ1n) is 9.78. The summed E-state index contributed by atoms with van der Waals surface area (Å²) in [6, 6.07) is 22.1. The Morgan fingerprint density at radius 1 is 1.13 bits per heavy atom. The van der Waals surface area contributed by atoms with Crippen molar-refractivity contribution in [3.63, 3.8) is 0 Å². The largest absolute Gasteiger partial charge is 0.454 e. The fraction of sp³-hybridized carbons (Fsp3) is 0.120. The van der Waals surface area contributed by atoms with Gasteiger partial charge in [-0.3, -0.25) is 4.79 Å². The Bertz CT molecular complexity index is 1220. The summed E-state index contributed by atoms with van der Waals surface area (Å²) in [5, 5.41) is 9.94. The molecule has 1 aliphatic rings. The lowest BCUT2D eigenvalue weighted by molar-refractivity contribution is -0.117. The third-order valence-electron chi connectivity index (χ3n) is 5.31. The smallest absolute Gasteiger partial charge is 0.227 e. The van der Waals surface area contributed by atoms with Gasteiger partial charge in [0.25, 0.3) is 0 Å². The number of anilines is 1. The van der Waals surface area contributed by atoms with E-state index in [0.717, 1.165) is 16.8 Å². The van der Waals surface area contributed by atoms with E-state index < -0.39 is 0 Å². The highest BCUT2D eigenvalue weighted by Gasteiger charge is 2.32. The molecule has 2 N–H and O–H groups in total. The van der Waals surface area contributed by atoms with E-state index in [2.05, 4.69) is 12.6 Å². The van der Waals surface area contributed by atoms with Gasteiger partial charge in [0.2, 0.25) is 5.91 Å². The molecular weight excluding hydrogens is 410 g/mol. The number of carbonyl (C=O) groups is 1. The van der Waals surface area contributed by atoms with E-state index in [1.165, 1.54) is 0 Å². The van der Waals surface area contributed by atoms with Crippen molar-refractivity contribution in [1.82, 2.24) is 0 Å². The van der Waals surface area contributed by atoms with Crippen LogP contribution in [0.3, 0.4) is 0 Å². The highest BCUT2D eigenvalue weighted by molar-refractivity contribution is 6.32. The second-order valence-electron chi connectivity index (χ2n) is 7.38. The van der Waals surface area contributed by atoms with Crippen LogP contribution in [0.25, 0.3) is 5.70 Å². The average Bonchev–Trinajstić information content (AvgIpc) is 3.17. The van der Waals surface area contributed by atoms with Gasteiger partial charge in [0, 0.05) is 30.3 Å². The van der Waals surface area contributed by atoms with Gasteiger partial charge in [-0.25, -0.2) is 0 Å². The van der Waals surface area contributed by atoms with Crippen LogP contribution in [0.2, 0.25) is 5.02 Å². The van der Waals surface area contributed by atoms with Crippen LogP contribution in [-0.4, -0.2) is 12.5 Å². The number of ether oxygens (including phenoxy) is 1. The van der Waals surface area contributed by atoms with Crippen LogP contribution in [0.4, 0.5) is 5.69 Å². The molecule has 0 aromatic heterocycles. The van der Waals surface area contributed by atoms with Crippen molar-refractivity contribution in [2.75, 3.05) is 11.4 Å². The Balaban J connectivity index is 1.61. The zero-order valence-electron chi connectivity index (χ0n) is 16.7. The molecule has 0 bridgehead atoms. The van der Waals surface area contributed by atoms with Crippen molar-refractivity contribution in [3.05, 3.63) is 95.0 Å². The molecule has 5 nitrogen and oxygen atoms in total. The van der Waals surface area contributed by atoms with Gasteiger partial charge in [-0.1, -0.05) is 48.5 Å². The predicted octanol–water partition coefficient (Wildman–Crippen LogP) is 5.45. The topological polar surface area (TPSA) is 79.3 Å². The lowest BCUT2D eigenvalue weighted by atomic mass is 9.96. The standard InChI is InChI=1S/C25H20ClN3O2/c1-16(28)17-5-4-6-21(11-17)29-15-20(13-25(29)30)18-9-10-19(14-27)24(12-18)31-23-8-3-2-7-22(23)26/h2-12,20H,1,13,15,28H2/t20-/m0/s1. The quantitative estimate of drug-likeness (QED) is 0.584. The maximum Gasteiger partial charge on any atom is 0.227 e. The number of para-hydroxylation sites is 1. The van der Waals surface area contributed by atoms with Gasteiger partial charge in [0.1, 0.15) is 17.6 Å². The Kier molecular flexibility index (Phi) is 5.66. The molecule has 0 aliphatic carbocycles. The minimum absolute atomic E-state index is 0.0291. The molecule has 1 fully saturated rings. The zero-order valence-corrected chi connectivity index (χ0v) is 17.5. The van der Waals surface area contributed by atoms with Gasteiger partial charge >= 0.3 is 0 Å². The molecule has 31 heavy (non-hydrogen) atoms. The molecule has 1 aliphatic heterocycles. The lowest BCUT2D eigenvalue weighted by Gasteiger charge is -2.18. The number of nitriles is 1. The summed E-state index contributed by atoms with van der Waals surface area (Å²) in [7, 11) is 0. The van der Waals surface area contributed by atoms with E-state index in [0.29, 0.717) is 40.7 Å². The Morgan fingerprint density at radius 2 is 1.94 bits per heavy atom. The summed E-state index contributed by atoms with van der Waals surface area (Å²) in [6.07, 6.45) is 0.366. The van der Waals surface area contributed by atoms with E-state index in [1.807, 2.05) is 48.5 Å². The second kappa shape index (κ2) is 8.55. The van der Waals surface area contributed by atoms with Gasteiger partial charge in [-0.15, -0.1) is 0 Å². The van der Waals surface area contributed by atoms with E-state index in [-0.39, 0.29) is 11.8 Å². The molecule has 1 saturated heterocycles. The maximum absolute atomic E-state index is 12.8. The molecule has 4 rings (SSSR count). The molecular formula is C25H20ClN3O2. The molecule has 0 radical (unpaired) electrons. The second-order valence-corrected chi connectivity index (χ2v) is 7.79. The molecule has 1 heterocycles. The molecule has 3 aromatic carbocycles. The summed E-state index contributed by atoms with van der Waals surface area (Å²) >= 11 is 6.20. The van der Waals surface area contributed by atoms with Crippen LogP contribution in [0.15, 0.2) is 73.3 Å². The van der Waals surface area contributed by atoms with Crippen LogP contribution in [0.1, 0.15) is 29.0 Å². The average molecular weight is 430 g/mol. The first-order chi connectivity index (χ1) is 15.0. The maximum atomic E-state index is 12.8. The third kappa shape index (κ3) is 4.25. The summed E-state index contributed by atoms with van der Waals surface area (Å²) < 4.78 is 5.94. The molecule has 0 spiro atoms. The number of hydrogen-bond donors (Lipinski definition) is 1. The van der Waals surface area contributed by atoms with Gasteiger partial charge < -0.3 is 15.4 Å². The number of benzene rings is 3. The van der Waals surface area contributed by atoms with Gasteiger partial charge in [-0.05, 0) is 47.5 Å². The summed E-state index contributed by atoms with van der Waals surface area (Å²) in [5.41, 5.74) is 9.17. The van der Waals surface area contributed by atoms with Crippen LogP contribution < -0.4 is 15.4 Å². The van der Waals surface area contributed by atoms with Crippen molar-refractivity contribution >= 4 is 28.9 Å². The lowest BCUT2D eigenvalue weighted by Crippen LogP contribution is -2.24. The van der Waals surface area contributed by atoms with Gasteiger partial charge in [0.15, 0.2) is 0 Å². The first-order valence-corrected chi connectivity index (χ1v) is 10.2.